The average molecular weight is 433 g/mol. The third-order valence-corrected chi connectivity index (χ3v) is 5.36. The minimum absolute atomic E-state index is 0.0238. The van der Waals surface area contributed by atoms with Crippen LogP contribution in [0.1, 0.15) is 56.6 Å². The smallest absolute Gasteiger partial charge is 0.343 e. The van der Waals surface area contributed by atoms with Crippen molar-refractivity contribution in [3.63, 3.8) is 0 Å². The molecule has 166 valence electrons. The number of halogens is 2. The van der Waals surface area contributed by atoms with E-state index in [1.165, 1.54) is 0 Å². The molecule has 1 aliphatic rings. The van der Waals surface area contributed by atoms with Gasteiger partial charge in [0.25, 0.3) is 5.91 Å². The summed E-state index contributed by atoms with van der Waals surface area (Å²) in [6.45, 7) is 5.56. The van der Waals surface area contributed by atoms with Gasteiger partial charge in [-0.1, -0.05) is 20.3 Å². The van der Waals surface area contributed by atoms with Crippen LogP contribution in [0.15, 0.2) is 41.1 Å². The van der Waals surface area contributed by atoms with Gasteiger partial charge in [0.15, 0.2) is 12.2 Å². The lowest BCUT2D eigenvalue weighted by Crippen LogP contribution is -2.40. The molecule has 1 N–H and O–H groups in total. The monoisotopic (exact) mass is 433 g/mol. The number of ether oxygens (including phenoxy) is 1. The SMILES string of the molecule is CCCC1(C)CC(C(=O)Nc2c(F)ccc(F)c2C(=O)OCC)N=NC1n1ccnc1. The molecule has 0 radical (unpaired) electrons. The van der Waals surface area contributed by atoms with Gasteiger partial charge in [-0.3, -0.25) is 4.79 Å². The number of hydrogen-bond acceptors (Lipinski definition) is 6. The topological polar surface area (TPSA) is 97.9 Å². The van der Waals surface area contributed by atoms with Crippen LogP contribution >= 0.6 is 0 Å². The van der Waals surface area contributed by atoms with Crippen LogP contribution < -0.4 is 5.32 Å². The fraction of sp³-hybridized carbons (Fsp3) is 0.476. The zero-order chi connectivity index (χ0) is 22.6. The summed E-state index contributed by atoms with van der Waals surface area (Å²) in [6, 6.07) is 0.729. The summed E-state index contributed by atoms with van der Waals surface area (Å²) in [4.78, 5) is 29.1. The number of nitrogens with one attached hydrogen (secondary N) is 1. The lowest BCUT2D eigenvalue weighted by molar-refractivity contribution is -0.119. The van der Waals surface area contributed by atoms with E-state index in [1.807, 2.05) is 18.4 Å². The first kappa shape index (κ1) is 22.5. The van der Waals surface area contributed by atoms with Gasteiger partial charge in [0.1, 0.15) is 17.2 Å². The van der Waals surface area contributed by atoms with Gasteiger partial charge in [0, 0.05) is 17.8 Å². The van der Waals surface area contributed by atoms with Crippen molar-refractivity contribution in [1.82, 2.24) is 9.55 Å². The van der Waals surface area contributed by atoms with E-state index in [-0.39, 0.29) is 12.8 Å². The summed E-state index contributed by atoms with van der Waals surface area (Å²) < 4.78 is 35.3. The van der Waals surface area contributed by atoms with E-state index in [9.17, 15) is 18.4 Å². The minimum atomic E-state index is -1.06. The number of imidazole rings is 1. The molecular weight excluding hydrogens is 408 g/mol. The summed E-state index contributed by atoms with van der Waals surface area (Å²) in [5.74, 6) is -3.67. The van der Waals surface area contributed by atoms with Crippen molar-refractivity contribution < 1.29 is 23.1 Å². The third-order valence-electron chi connectivity index (χ3n) is 5.36. The molecule has 0 spiro atoms. The predicted molar refractivity (Wildman–Crippen MR) is 108 cm³/mol. The van der Waals surface area contributed by atoms with Crippen LogP contribution in [0.2, 0.25) is 0 Å². The number of aromatic nitrogens is 2. The van der Waals surface area contributed by atoms with E-state index in [2.05, 4.69) is 20.5 Å². The molecule has 0 fully saturated rings. The summed E-state index contributed by atoms with van der Waals surface area (Å²) in [7, 11) is 0. The van der Waals surface area contributed by atoms with Gasteiger partial charge in [-0.05, 0) is 31.9 Å². The molecule has 2 aromatic rings. The molecule has 2 heterocycles. The summed E-state index contributed by atoms with van der Waals surface area (Å²) >= 11 is 0. The number of benzene rings is 1. The highest BCUT2D eigenvalue weighted by atomic mass is 19.1. The molecule has 3 atom stereocenters. The molecule has 0 saturated carbocycles. The highest BCUT2D eigenvalue weighted by Crippen LogP contribution is 2.45. The van der Waals surface area contributed by atoms with Crippen LogP contribution in [0.25, 0.3) is 0 Å². The van der Waals surface area contributed by atoms with Crippen molar-refractivity contribution in [1.29, 1.82) is 0 Å². The Morgan fingerprint density at radius 1 is 1.26 bits per heavy atom. The van der Waals surface area contributed by atoms with Gasteiger partial charge in [-0.25, -0.2) is 18.6 Å². The van der Waals surface area contributed by atoms with Gasteiger partial charge < -0.3 is 14.6 Å². The van der Waals surface area contributed by atoms with Crippen LogP contribution in [0.4, 0.5) is 14.5 Å². The number of esters is 1. The molecule has 0 bridgehead atoms. The molecule has 1 aromatic carbocycles. The van der Waals surface area contributed by atoms with Gasteiger partial charge in [-0.2, -0.15) is 10.2 Å². The molecule has 0 saturated heterocycles. The minimum Gasteiger partial charge on any atom is -0.462 e. The van der Waals surface area contributed by atoms with Crippen molar-refractivity contribution in [2.24, 2.45) is 15.6 Å². The zero-order valence-electron chi connectivity index (χ0n) is 17.6. The van der Waals surface area contributed by atoms with Crippen molar-refractivity contribution in [2.75, 3.05) is 11.9 Å². The number of nitrogens with zero attached hydrogens (tertiary/aromatic N) is 4. The van der Waals surface area contributed by atoms with E-state index >= 15 is 0 Å². The zero-order valence-corrected chi connectivity index (χ0v) is 17.6. The fourth-order valence-corrected chi connectivity index (χ4v) is 3.94. The Bertz CT molecular complexity index is 980. The van der Waals surface area contributed by atoms with Crippen LogP contribution in [-0.4, -0.2) is 34.1 Å². The van der Waals surface area contributed by atoms with Gasteiger partial charge in [0.2, 0.25) is 0 Å². The maximum absolute atomic E-state index is 14.4. The second-order valence-electron chi connectivity index (χ2n) is 7.73. The van der Waals surface area contributed by atoms with Crippen molar-refractivity contribution >= 4 is 17.6 Å². The number of anilines is 1. The largest absolute Gasteiger partial charge is 0.462 e. The second-order valence-corrected chi connectivity index (χ2v) is 7.73. The van der Waals surface area contributed by atoms with E-state index in [4.69, 9.17) is 4.74 Å². The lowest BCUT2D eigenvalue weighted by Gasteiger charge is -2.39. The van der Waals surface area contributed by atoms with Crippen molar-refractivity contribution in [3.8, 4) is 0 Å². The highest BCUT2D eigenvalue weighted by Gasteiger charge is 2.42. The Hall–Kier alpha value is -3.17. The molecule has 1 aromatic heterocycles. The normalized spacial score (nSPS) is 22.9. The van der Waals surface area contributed by atoms with Gasteiger partial charge in [-0.15, -0.1) is 0 Å². The average Bonchev–Trinajstić information content (AvgIpc) is 3.25. The number of amides is 1. The number of carbonyl (C=O) groups is 2. The summed E-state index contributed by atoms with van der Waals surface area (Å²) in [5, 5.41) is 10.8. The second kappa shape index (κ2) is 9.32. The maximum Gasteiger partial charge on any atom is 0.343 e. The van der Waals surface area contributed by atoms with Crippen LogP contribution in [-0.2, 0) is 9.53 Å². The lowest BCUT2D eigenvalue weighted by atomic mass is 9.76. The van der Waals surface area contributed by atoms with Gasteiger partial charge >= 0.3 is 5.97 Å². The first-order valence-electron chi connectivity index (χ1n) is 10.1. The van der Waals surface area contributed by atoms with Crippen molar-refractivity contribution in [2.45, 2.75) is 52.2 Å². The predicted octanol–water partition coefficient (Wildman–Crippen LogP) is 4.51. The number of rotatable bonds is 7. The Balaban J connectivity index is 1.89. The standard InChI is InChI=1S/C21H25F2N5O3/c1-4-8-21(3)11-15(26-27-20(21)28-10-9-24-12-28)18(29)25-17-14(23)7-6-13(22)16(17)19(30)31-5-2/h6-7,9-10,12,15,20H,4-5,8,11H2,1-3H3,(H,25,29). The Kier molecular flexibility index (Phi) is 6.77. The molecule has 1 aliphatic heterocycles. The van der Waals surface area contributed by atoms with Crippen LogP contribution in [0.3, 0.4) is 0 Å². The molecule has 1 amide bonds. The maximum atomic E-state index is 14.4. The molecule has 0 aliphatic carbocycles. The van der Waals surface area contributed by atoms with Crippen LogP contribution in [0.5, 0.6) is 0 Å². The fourth-order valence-electron chi connectivity index (χ4n) is 3.94. The highest BCUT2D eigenvalue weighted by molar-refractivity contribution is 6.03. The van der Waals surface area contributed by atoms with E-state index in [0.29, 0.717) is 6.42 Å². The van der Waals surface area contributed by atoms with Crippen LogP contribution in [0, 0.1) is 17.0 Å². The van der Waals surface area contributed by atoms with Gasteiger partial charge in [0.05, 0.1) is 18.6 Å². The first-order chi connectivity index (χ1) is 14.8. The number of carbonyl (C=O) groups excluding carboxylic acids is 2. The molecule has 10 heteroatoms. The Labute approximate surface area is 178 Å². The Morgan fingerprint density at radius 2 is 2.00 bits per heavy atom. The van der Waals surface area contributed by atoms with E-state index in [0.717, 1.165) is 25.0 Å². The van der Waals surface area contributed by atoms with E-state index in [1.54, 1.807) is 25.6 Å². The van der Waals surface area contributed by atoms with E-state index < -0.39 is 46.2 Å². The molecule has 31 heavy (non-hydrogen) atoms. The number of azo groups is 1. The first-order valence-corrected chi connectivity index (χ1v) is 10.1. The summed E-state index contributed by atoms with van der Waals surface area (Å²) in [5.41, 5.74) is -1.63. The molecule has 3 unspecified atom stereocenters. The number of hydrogen-bond donors (Lipinski definition) is 1. The third kappa shape index (κ3) is 4.62. The molecular formula is C21H25F2N5O3. The summed E-state index contributed by atoms with van der Waals surface area (Å²) in [6.07, 6.45) is 6.70. The Morgan fingerprint density at radius 3 is 2.65 bits per heavy atom. The molecule has 8 nitrogen and oxygen atoms in total. The van der Waals surface area contributed by atoms with Crippen molar-refractivity contribution in [3.05, 3.63) is 48.1 Å². The molecule has 3 rings (SSSR count). The quantitative estimate of drug-likeness (QED) is 0.650.